The summed E-state index contributed by atoms with van der Waals surface area (Å²) in [7, 11) is 1.34. The first-order chi connectivity index (χ1) is 10.1. The molecule has 4 nitrogen and oxygen atoms in total. The van der Waals surface area contributed by atoms with Crippen LogP contribution in [-0.2, 0) is 4.74 Å². The molecule has 21 heavy (non-hydrogen) atoms. The van der Waals surface area contributed by atoms with Crippen molar-refractivity contribution < 1.29 is 19.0 Å². The van der Waals surface area contributed by atoms with Crippen molar-refractivity contribution in [2.45, 2.75) is 25.0 Å². The van der Waals surface area contributed by atoms with Gasteiger partial charge in [-0.25, -0.2) is 9.18 Å². The molecule has 1 aliphatic rings. The zero-order chi connectivity index (χ0) is 15.0. The highest BCUT2D eigenvalue weighted by Gasteiger charge is 2.30. The van der Waals surface area contributed by atoms with Crippen LogP contribution in [0.25, 0.3) is 11.3 Å². The molecule has 0 amide bonds. The highest BCUT2D eigenvalue weighted by atomic mass is 19.1. The van der Waals surface area contributed by atoms with Gasteiger partial charge >= 0.3 is 5.97 Å². The summed E-state index contributed by atoms with van der Waals surface area (Å²) in [6.07, 6.45) is 2.76. The van der Waals surface area contributed by atoms with Gasteiger partial charge in [-0.1, -0.05) is 0 Å². The van der Waals surface area contributed by atoms with Crippen LogP contribution in [0.1, 0.15) is 29.2 Å². The molecule has 1 heterocycles. The summed E-state index contributed by atoms with van der Waals surface area (Å²) in [5.74, 6) is -0.707. The van der Waals surface area contributed by atoms with Crippen LogP contribution in [0.3, 0.4) is 0 Å². The average Bonchev–Trinajstić information content (AvgIpc) is 2.88. The van der Waals surface area contributed by atoms with Crippen molar-refractivity contribution in [2.75, 3.05) is 7.11 Å². The molecule has 3 rings (SSSR count). The second kappa shape index (κ2) is 5.33. The van der Waals surface area contributed by atoms with Crippen LogP contribution in [0.15, 0.2) is 36.5 Å². The third kappa shape index (κ3) is 2.56. The van der Waals surface area contributed by atoms with E-state index in [2.05, 4.69) is 0 Å². The number of methoxy groups -OCH3 is 1. The van der Waals surface area contributed by atoms with Gasteiger partial charge in [-0.3, -0.25) is 0 Å². The van der Waals surface area contributed by atoms with Crippen molar-refractivity contribution in [3.63, 3.8) is 0 Å². The van der Waals surface area contributed by atoms with E-state index in [0.29, 0.717) is 18.4 Å². The number of nitrogens with zero attached hydrogens (tertiary/aromatic N) is 1. The molecular weight excluding hydrogens is 273 g/mol. The number of carbonyl (C=O) groups is 1. The minimum Gasteiger partial charge on any atom is -0.465 e. The van der Waals surface area contributed by atoms with Crippen molar-refractivity contribution in [3.8, 4) is 11.3 Å². The number of hydrogen-bond donors (Lipinski definition) is 1. The number of carbonyl (C=O) groups excluding carboxylic acids is 1. The monoisotopic (exact) mass is 289 g/mol. The normalized spacial score (nSPS) is 20.9. The van der Waals surface area contributed by atoms with Crippen LogP contribution in [0, 0.1) is 5.82 Å². The first-order valence-electron chi connectivity index (χ1n) is 6.82. The quantitative estimate of drug-likeness (QED) is 0.884. The fourth-order valence-electron chi connectivity index (χ4n) is 2.65. The minimum atomic E-state index is -0.406. The summed E-state index contributed by atoms with van der Waals surface area (Å²) in [4.78, 5) is 11.7. The van der Waals surface area contributed by atoms with Crippen LogP contribution in [0.5, 0.6) is 0 Å². The molecular formula is C16H16FNO3. The van der Waals surface area contributed by atoms with Gasteiger partial charge in [0.1, 0.15) is 5.82 Å². The molecule has 0 saturated heterocycles. The lowest BCUT2D eigenvalue weighted by Gasteiger charge is -2.34. The lowest BCUT2D eigenvalue weighted by molar-refractivity contribution is 0.0491. The van der Waals surface area contributed by atoms with Crippen molar-refractivity contribution in [3.05, 3.63) is 47.9 Å². The third-order valence-corrected chi connectivity index (χ3v) is 3.89. The highest BCUT2D eigenvalue weighted by Crippen LogP contribution is 2.37. The molecule has 0 aliphatic heterocycles. The van der Waals surface area contributed by atoms with Gasteiger partial charge in [0.15, 0.2) is 0 Å². The van der Waals surface area contributed by atoms with Crippen LogP contribution in [-0.4, -0.2) is 28.9 Å². The number of rotatable bonds is 3. The van der Waals surface area contributed by atoms with E-state index in [1.807, 2.05) is 4.57 Å². The van der Waals surface area contributed by atoms with E-state index in [1.54, 1.807) is 24.4 Å². The summed E-state index contributed by atoms with van der Waals surface area (Å²) in [6.45, 7) is 0. The van der Waals surface area contributed by atoms with Gasteiger partial charge in [0.2, 0.25) is 0 Å². The summed E-state index contributed by atoms with van der Waals surface area (Å²) in [6, 6.07) is 8.02. The number of aliphatic hydroxyl groups excluding tert-OH is 1. The summed E-state index contributed by atoms with van der Waals surface area (Å²) >= 11 is 0. The predicted molar refractivity (Wildman–Crippen MR) is 75.4 cm³/mol. The van der Waals surface area contributed by atoms with E-state index in [-0.39, 0.29) is 18.0 Å². The molecule has 0 unspecified atom stereocenters. The van der Waals surface area contributed by atoms with E-state index < -0.39 is 5.97 Å². The van der Waals surface area contributed by atoms with Crippen molar-refractivity contribution in [1.29, 1.82) is 0 Å². The fourth-order valence-corrected chi connectivity index (χ4v) is 2.65. The lowest BCUT2D eigenvalue weighted by Crippen LogP contribution is -2.30. The van der Waals surface area contributed by atoms with Crippen LogP contribution in [0.2, 0.25) is 0 Å². The Morgan fingerprint density at radius 1 is 1.33 bits per heavy atom. The molecule has 1 aromatic carbocycles. The molecule has 1 aliphatic carbocycles. The Morgan fingerprint density at radius 2 is 2.00 bits per heavy atom. The largest absolute Gasteiger partial charge is 0.465 e. The molecule has 0 spiro atoms. The third-order valence-electron chi connectivity index (χ3n) is 3.89. The molecule has 1 fully saturated rings. The molecule has 5 heteroatoms. The summed E-state index contributed by atoms with van der Waals surface area (Å²) < 4.78 is 19.8. The van der Waals surface area contributed by atoms with Gasteiger partial charge < -0.3 is 14.4 Å². The molecule has 0 atom stereocenters. The summed E-state index contributed by atoms with van der Waals surface area (Å²) in [5, 5.41) is 9.49. The van der Waals surface area contributed by atoms with Crippen molar-refractivity contribution >= 4 is 5.97 Å². The van der Waals surface area contributed by atoms with E-state index in [4.69, 9.17) is 4.74 Å². The molecule has 1 N–H and O–H groups in total. The highest BCUT2D eigenvalue weighted by molar-refractivity contribution is 5.91. The maximum atomic E-state index is 13.1. The molecule has 2 aromatic rings. The predicted octanol–water partition coefficient (Wildman–Crippen LogP) is 2.78. The number of halogens is 1. The van der Waals surface area contributed by atoms with E-state index in [1.165, 1.54) is 19.2 Å². The number of esters is 1. The number of aromatic nitrogens is 1. The van der Waals surface area contributed by atoms with E-state index in [9.17, 15) is 14.3 Å². The van der Waals surface area contributed by atoms with Gasteiger partial charge in [-0.2, -0.15) is 0 Å². The van der Waals surface area contributed by atoms with Gasteiger partial charge in [0, 0.05) is 17.9 Å². The number of benzene rings is 1. The first kappa shape index (κ1) is 13.8. The average molecular weight is 289 g/mol. The maximum absolute atomic E-state index is 13.1. The van der Waals surface area contributed by atoms with Crippen molar-refractivity contribution in [1.82, 2.24) is 4.57 Å². The molecule has 0 bridgehead atoms. The smallest absolute Gasteiger partial charge is 0.339 e. The first-order valence-corrected chi connectivity index (χ1v) is 6.82. The number of ether oxygens (including phenoxy) is 1. The molecule has 0 radical (unpaired) electrons. The second-order valence-electron chi connectivity index (χ2n) is 5.30. The number of aliphatic hydroxyl groups is 1. The fraction of sp³-hybridized carbons (Fsp3) is 0.312. The number of hydrogen-bond acceptors (Lipinski definition) is 3. The van der Waals surface area contributed by atoms with E-state index >= 15 is 0 Å². The van der Waals surface area contributed by atoms with Crippen molar-refractivity contribution in [2.24, 2.45) is 0 Å². The topological polar surface area (TPSA) is 51.5 Å². The Balaban J connectivity index is 2.02. The Morgan fingerprint density at radius 3 is 2.57 bits per heavy atom. The minimum absolute atomic E-state index is 0.151. The van der Waals surface area contributed by atoms with Crippen LogP contribution in [0.4, 0.5) is 4.39 Å². The zero-order valence-electron chi connectivity index (χ0n) is 11.6. The Labute approximate surface area is 121 Å². The summed E-state index contributed by atoms with van der Waals surface area (Å²) in [5.41, 5.74) is 2.11. The maximum Gasteiger partial charge on any atom is 0.339 e. The van der Waals surface area contributed by atoms with Gasteiger partial charge in [-0.15, -0.1) is 0 Å². The Hall–Kier alpha value is -2.14. The van der Waals surface area contributed by atoms with Gasteiger partial charge in [0.05, 0.1) is 18.8 Å². The molecule has 110 valence electrons. The van der Waals surface area contributed by atoms with Gasteiger partial charge in [0.25, 0.3) is 0 Å². The Kier molecular flexibility index (Phi) is 3.51. The SMILES string of the molecule is COC(=O)c1cc(-c2ccc(F)cc2)n(C2CC(O)C2)c1. The Bertz CT molecular complexity index is 657. The van der Waals surface area contributed by atoms with Crippen LogP contribution < -0.4 is 0 Å². The van der Waals surface area contributed by atoms with Gasteiger partial charge in [-0.05, 0) is 48.7 Å². The molecule has 1 saturated carbocycles. The van der Waals surface area contributed by atoms with Crippen LogP contribution >= 0.6 is 0 Å². The second-order valence-corrected chi connectivity index (χ2v) is 5.30. The lowest BCUT2D eigenvalue weighted by atomic mass is 9.89. The zero-order valence-corrected chi connectivity index (χ0v) is 11.6. The van der Waals surface area contributed by atoms with E-state index in [0.717, 1.165) is 11.3 Å². The standard InChI is InChI=1S/C16H16FNO3/c1-21-16(20)11-6-15(10-2-4-12(17)5-3-10)18(9-11)13-7-14(19)8-13/h2-6,9,13-14,19H,7-8H2,1H3. The molecule has 1 aromatic heterocycles.